The van der Waals surface area contributed by atoms with Crippen molar-refractivity contribution in [2.24, 2.45) is 0 Å². The zero-order valence-electron chi connectivity index (χ0n) is 12.2. The third-order valence-corrected chi connectivity index (χ3v) is 3.91. The molecule has 0 spiro atoms. The SMILES string of the molecule is CCc1ccccc1C(NC)c1ccc2[nH]c(=O)[nH]c2c1. The van der Waals surface area contributed by atoms with Gasteiger partial charge in [-0.1, -0.05) is 37.3 Å². The molecule has 4 heteroatoms. The van der Waals surface area contributed by atoms with E-state index in [9.17, 15) is 4.79 Å². The fourth-order valence-corrected chi connectivity index (χ4v) is 2.87. The van der Waals surface area contributed by atoms with E-state index in [0.29, 0.717) is 0 Å². The number of benzene rings is 2. The standard InChI is InChI=1S/C17H19N3O/c1-3-11-6-4-5-7-13(11)16(18-2)12-8-9-14-15(10-12)20-17(21)19-14/h4-10,16,18H,3H2,1-2H3,(H2,19,20,21). The van der Waals surface area contributed by atoms with Crippen LogP contribution in [0, 0.1) is 0 Å². The van der Waals surface area contributed by atoms with Gasteiger partial charge in [0.25, 0.3) is 0 Å². The fraction of sp³-hybridized carbons (Fsp3) is 0.235. The van der Waals surface area contributed by atoms with Gasteiger partial charge < -0.3 is 15.3 Å². The molecule has 0 fully saturated rings. The first kappa shape index (κ1) is 13.6. The summed E-state index contributed by atoms with van der Waals surface area (Å²) in [6, 6.07) is 14.6. The van der Waals surface area contributed by atoms with Crippen LogP contribution in [0.2, 0.25) is 0 Å². The number of aromatic nitrogens is 2. The van der Waals surface area contributed by atoms with Crippen molar-refractivity contribution in [3.8, 4) is 0 Å². The Morgan fingerprint density at radius 2 is 1.86 bits per heavy atom. The second-order valence-electron chi connectivity index (χ2n) is 5.16. The van der Waals surface area contributed by atoms with Crippen LogP contribution in [0.15, 0.2) is 47.3 Å². The Bertz CT molecular complexity index is 816. The summed E-state index contributed by atoms with van der Waals surface area (Å²) in [5, 5.41) is 3.38. The Hall–Kier alpha value is -2.33. The summed E-state index contributed by atoms with van der Waals surface area (Å²) >= 11 is 0. The predicted octanol–water partition coefficient (Wildman–Crippen LogP) is 2.73. The van der Waals surface area contributed by atoms with Crippen LogP contribution in [0.25, 0.3) is 11.0 Å². The van der Waals surface area contributed by atoms with Gasteiger partial charge in [-0.25, -0.2) is 4.79 Å². The van der Waals surface area contributed by atoms with Gasteiger partial charge in [-0.05, 0) is 42.3 Å². The van der Waals surface area contributed by atoms with E-state index < -0.39 is 0 Å². The summed E-state index contributed by atoms with van der Waals surface area (Å²) in [5.41, 5.74) is 5.26. The fourth-order valence-electron chi connectivity index (χ4n) is 2.87. The third-order valence-electron chi connectivity index (χ3n) is 3.91. The van der Waals surface area contributed by atoms with Crippen LogP contribution in [-0.4, -0.2) is 17.0 Å². The average molecular weight is 281 g/mol. The summed E-state index contributed by atoms with van der Waals surface area (Å²) in [6.07, 6.45) is 0.998. The predicted molar refractivity (Wildman–Crippen MR) is 85.6 cm³/mol. The first-order valence-corrected chi connectivity index (χ1v) is 7.20. The minimum absolute atomic E-state index is 0.115. The second kappa shape index (κ2) is 5.58. The highest BCUT2D eigenvalue weighted by molar-refractivity contribution is 5.75. The summed E-state index contributed by atoms with van der Waals surface area (Å²) in [6.45, 7) is 2.17. The van der Waals surface area contributed by atoms with E-state index in [1.54, 1.807) is 0 Å². The maximum atomic E-state index is 11.4. The van der Waals surface area contributed by atoms with Gasteiger partial charge in [0.05, 0.1) is 17.1 Å². The van der Waals surface area contributed by atoms with Crippen molar-refractivity contribution >= 4 is 11.0 Å². The van der Waals surface area contributed by atoms with Crippen molar-refractivity contribution in [2.45, 2.75) is 19.4 Å². The molecule has 0 amide bonds. The molecule has 0 aliphatic heterocycles. The number of hydrogen-bond acceptors (Lipinski definition) is 2. The number of rotatable bonds is 4. The van der Waals surface area contributed by atoms with Gasteiger partial charge >= 0.3 is 5.69 Å². The zero-order valence-corrected chi connectivity index (χ0v) is 12.2. The number of aryl methyl sites for hydroxylation is 1. The average Bonchev–Trinajstić information content (AvgIpc) is 2.88. The summed E-state index contributed by atoms with van der Waals surface area (Å²) in [5.74, 6) is 0. The van der Waals surface area contributed by atoms with E-state index in [4.69, 9.17) is 0 Å². The number of fused-ring (bicyclic) bond motifs is 1. The Morgan fingerprint density at radius 1 is 1.10 bits per heavy atom. The Kier molecular flexibility index (Phi) is 3.62. The molecule has 1 heterocycles. The topological polar surface area (TPSA) is 60.7 Å². The van der Waals surface area contributed by atoms with Gasteiger partial charge in [-0.15, -0.1) is 0 Å². The van der Waals surface area contributed by atoms with Gasteiger partial charge in [0.2, 0.25) is 0 Å². The summed E-state index contributed by atoms with van der Waals surface area (Å²) < 4.78 is 0. The second-order valence-corrected chi connectivity index (χ2v) is 5.16. The molecule has 108 valence electrons. The van der Waals surface area contributed by atoms with Gasteiger partial charge in [0.15, 0.2) is 0 Å². The Labute approximate surface area is 123 Å². The van der Waals surface area contributed by atoms with Crippen LogP contribution in [0.5, 0.6) is 0 Å². The van der Waals surface area contributed by atoms with Crippen LogP contribution >= 0.6 is 0 Å². The maximum Gasteiger partial charge on any atom is 0.323 e. The van der Waals surface area contributed by atoms with Crippen LogP contribution < -0.4 is 11.0 Å². The lowest BCUT2D eigenvalue weighted by Gasteiger charge is -2.20. The van der Waals surface area contributed by atoms with E-state index in [0.717, 1.165) is 23.0 Å². The van der Waals surface area contributed by atoms with Crippen molar-refractivity contribution in [3.63, 3.8) is 0 Å². The molecular formula is C17H19N3O. The molecule has 1 aromatic heterocycles. The lowest BCUT2D eigenvalue weighted by Crippen LogP contribution is -2.19. The molecule has 3 rings (SSSR count). The van der Waals surface area contributed by atoms with Crippen LogP contribution in [-0.2, 0) is 6.42 Å². The largest absolute Gasteiger partial charge is 0.323 e. The number of H-pyrrole nitrogens is 2. The number of hydrogen-bond donors (Lipinski definition) is 3. The van der Waals surface area contributed by atoms with Gasteiger partial charge in [-0.2, -0.15) is 0 Å². The number of aromatic amines is 2. The zero-order chi connectivity index (χ0) is 14.8. The van der Waals surface area contributed by atoms with Crippen molar-refractivity contribution in [3.05, 3.63) is 69.6 Å². The van der Waals surface area contributed by atoms with E-state index in [1.807, 2.05) is 19.2 Å². The van der Waals surface area contributed by atoms with Crippen molar-refractivity contribution in [1.29, 1.82) is 0 Å². The van der Waals surface area contributed by atoms with Crippen LogP contribution in [0.4, 0.5) is 0 Å². The summed E-state index contributed by atoms with van der Waals surface area (Å²) in [7, 11) is 1.96. The lowest BCUT2D eigenvalue weighted by atomic mass is 9.93. The lowest BCUT2D eigenvalue weighted by molar-refractivity contribution is 0.685. The molecule has 3 aromatic rings. The highest BCUT2D eigenvalue weighted by atomic mass is 16.1. The van der Waals surface area contributed by atoms with Crippen molar-refractivity contribution < 1.29 is 0 Å². The van der Waals surface area contributed by atoms with Gasteiger partial charge in [0.1, 0.15) is 0 Å². The van der Waals surface area contributed by atoms with E-state index in [2.05, 4.69) is 52.5 Å². The highest BCUT2D eigenvalue weighted by Gasteiger charge is 2.15. The minimum Gasteiger partial charge on any atom is -0.309 e. The van der Waals surface area contributed by atoms with Crippen molar-refractivity contribution in [2.75, 3.05) is 7.05 Å². The van der Waals surface area contributed by atoms with Crippen LogP contribution in [0.3, 0.4) is 0 Å². The molecule has 0 bridgehead atoms. The quantitative estimate of drug-likeness (QED) is 0.688. The molecule has 1 unspecified atom stereocenters. The van der Waals surface area contributed by atoms with Gasteiger partial charge in [0, 0.05) is 0 Å². The summed E-state index contributed by atoms with van der Waals surface area (Å²) in [4.78, 5) is 17.0. The monoisotopic (exact) mass is 281 g/mol. The molecule has 0 radical (unpaired) electrons. The first-order chi connectivity index (χ1) is 10.2. The molecule has 3 N–H and O–H groups in total. The molecule has 0 aliphatic rings. The maximum absolute atomic E-state index is 11.4. The number of nitrogens with one attached hydrogen (secondary N) is 3. The van der Waals surface area contributed by atoms with E-state index in [-0.39, 0.29) is 11.7 Å². The molecule has 2 aromatic carbocycles. The smallest absolute Gasteiger partial charge is 0.309 e. The van der Waals surface area contributed by atoms with E-state index >= 15 is 0 Å². The minimum atomic E-state index is -0.169. The molecule has 1 atom stereocenters. The molecule has 4 nitrogen and oxygen atoms in total. The molecular weight excluding hydrogens is 262 g/mol. The normalized spacial score (nSPS) is 12.7. The first-order valence-electron chi connectivity index (χ1n) is 7.20. The highest BCUT2D eigenvalue weighted by Crippen LogP contribution is 2.26. The molecule has 0 saturated carbocycles. The third kappa shape index (κ3) is 2.50. The van der Waals surface area contributed by atoms with Gasteiger partial charge in [-0.3, -0.25) is 0 Å². The Morgan fingerprint density at radius 3 is 2.62 bits per heavy atom. The van der Waals surface area contributed by atoms with Crippen molar-refractivity contribution in [1.82, 2.24) is 15.3 Å². The Balaban J connectivity index is 2.10. The molecule has 0 saturated heterocycles. The number of imidazole rings is 1. The van der Waals surface area contributed by atoms with Crippen LogP contribution in [0.1, 0.15) is 29.7 Å². The van der Waals surface area contributed by atoms with E-state index in [1.165, 1.54) is 11.1 Å². The molecule has 0 aliphatic carbocycles. The molecule has 21 heavy (non-hydrogen) atoms.